The monoisotopic (exact) mass is 462 g/mol. The first kappa shape index (κ1) is 21.7. The Balaban J connectivity index is 1.47. The van der Waals surface area contributed by atoms with Crippen molar-refractivity contribution >= 4 is 21.6 Å². The van der Waals surface area contributed by atoms with Gasteiger partial charge in [0.25, 0.3) is 0 Å². The second kappa shape index (κ2) is 8.32. The molecule has 5 rings (SSSR count). The van der Waals surface area contributed by atoms with Crippen molar-refractivity contribution in [2.45, 2.75) is 36.6 Å². The number of benzene rings is 3. The maximum absolute atomic E-state index is 13.8. The summed E-state index contributed by atoms with van der Waals surface area (Å²) in [4.78, 5) is 15.7. The van der Waals surface area contributed by atoms with Gasteiger partial charge in [0, 0.05) is 24.7 Å². The summed E-state index contributed by atoms with van der Waals surface area (Å²) in [6.45, 7) is 2.65. The van der Waals surface area contributed by atoms with Gasteiger partial charge in [-0.2, -0.15) is 4.31 Å². The number of sulfonamides is 1. The largest absolute Gasteiger partial charge is 0.508 e. The lowest BCUT2D eigenvalue weighted by atomic mass is 9.93. The van der Waals surface area contributed by atoms with E-state index in [1.807, 2.05) is 37.3 Å². The Hall–Kier alpha value is -3.16. The molecule has 0 aliphatic carbocycles. The van der Waals surface area contributed by atoms with Gasteiger partial charge >= 0.3 is 0 Å². The third kappa shape index (κ3) is 3.81. The van der Waals surface area contributed by atoms with Gasteiger partial charge in [0.05, 0.1) is 4.90 Å². The predicted octanol–water partition coefficient (Wildman–Crippen LogP) is 4.03. The number of rotatable bonds is 4. The van der Waals surface area contributed by atoms with E-state index in [9.17, 15) is 18.3 Å². The molecular weight excluding hydrogens is 436 g/mol. The Morgan fingerprint density at radius 1 is 1.00 bits per heavy atom. The number of carbonyl (C=O) groups excluding carboxylic acids is 1. The molecule has 1 unspecified atom stereocenters. The molecule has 1 amide bonds. The van der Waals surface area contributed by atoms with Crippen LogP contribution in [0.1, 0.15) is 35.4 Å². The molecule has 1 fully saturated rings. The maximum atomic E-state index is 13.8. The minimum atomic E-state index is -3.78. The molecule has 0 radical (unpaired) electrons. The fraction of sp³-hybridized carbons (Fsp3) is 0.269. The number of aromatic hydroxyl groups is 1. The third-order valence-corrected chi connectivity index (χ3v) is 8.55. The zero-order valence-electron chi connectivity index (χ0n) is 18.4. The van der Waals surface area contributed by atoms with E-state index in [4.69, 9.17) is 0 Å². The summed E-state index contributed by atoms with van der Waals surface area (Å²) in [5.41, 5.74) is 3.71. The standard InChI is InChI=1S/C26H26N2O4S/c1-18-11-13-21(14-12-18)33(31,32)28-15-5-10-25(28)26(30)27-17-23(19-6-4-7-20(29)16-19)22-8-2-3-9-24(22)27/h2-4,6-9,11-14,16,23,25,29H,5,10,15,17H2,1H3/t23?,25-/m0/s1. The van der Waals surface area contributed by atoms with Crippen LogP contribution in [-0.2, 0) is 14.8 Å². The van der Waals surface area contributed by atoms with Crippen LogP contribution in [-0.4, -0.2) is 42.9 Å². The number of phenols is 1. The topological polar surface area (TPSA) is 77.9 Å². The molecule has 2 aliphatic heterocycles. The van der Waals surface area contributed by atoms with Crippen molar-refractivity contribution in [1.29, 1.82) is 0 Å². The quantitative estimate of drug-likeness (QED) is 0.635. The molecule has 0 aromatic heterocycles. The smallest absolute Gasteiger partial charge is 0.245 e. The van der Waals surface area contributed by atoms with Gasteiger partial charge in [0.1, 0.15) is 11.8 Å². The van der Waals surface area contributed by atoms with Crippen molar-refractivity contribution in [3.05, 3.63) is 89.5 Å². The number of aryl methyl sites for hydroxylation is 1. The van der Waals surface area contributed by atoms with Crippen LogP contribution in [0.2, 0.25) is 0 Å². The van der Waals surface area contributed by atoms with Gasteiger partial charge in [-0.25, -0.2) is 8.42 Å². The number of hydrogen-bond acceptors (Lipinski definition) is 4. The number of phenolic OH excluding ortho intramolecular Hbond substituents is 1. The van der Waals surface area contributed by atoms with E-state index in [0.717, 1.165) is 22.4 Å². The van der Waals surface area contributed by atoms with Gasteiger partial charge in [0.15, 0.2) is 0 Å². The van der Waals surface area contributed by atoms with Gasteiger partial charge < -0.3 is 10.0 Å². The summed E-state index contributed by atoms with van der Waals surface area (Å²) in [5, 5.41) is 9.96. The fourth-order valence-electron chi connectivity index (χ4n) is 4.94. The molecule has 1 saturated heterocycles. The lowest BCUT2D eigenvalue weighted by Gasteiger charge is -2.28. The van der Waals surface area contributed by atoms with Crippen LogP contribution in [0.25, 0.3) is 0 Å². The maximum Gasteiger partial charge on any atom is 0.245 e. The number of carbonyl (C=O) groups is 1. The summed E-state index contributed by atoms with van der Waals surface area (Å²) < 4.78 is 28.1. The molecule has 2 heterocycles. The number of hydrogen-bond donors (Lipinski definition) is 1. The number of para-hydroxylation sites is 1. The Bertz CT molecular complexity index is 1300. The van der Waals surface area contributed by atoms with Crippen molar-refractivity contribution in [3.63, 3.8) is 0 Å². The van der Waals surface area contributed by atoms with Gasteiger partial charge in [0.2, 0.25) is 15.9 Å². The molecule has 7 heteroatoms. The van der Waals surface area contributed by atoms with E-state index in [1.165, 1.54) is 4.31 Å². The summed E-state index contributed by atoms with van der Waals surface area (Å²) in [6, 6.07) is 20.8. The molecular formula is C26H26N2O4S. The summed E-state index contributed by atoms with van der Waals surface area (Å²) in [7, 11) is -3.78. The van der Waals surface area contributed by atoms with Crippen LogP contribution in [0, 0.1) is 6.92 Å². The average molecular weight is 463 g/mol. The molecule has 0 spiro atoms. The highest BCUT2D eigenvalue weighted by Gasteiger charge is 2.44. The normalized spacial score (nSPS) is 20.7. The van der Waals surface area contributed by atoms with Gasteiger partial charge in [-0.1, -0.05) is 48.0 Å². The lowest BCUT2D eigenvalue weighted by molar-refractivity contribution is -0.121. The minimum absolute atomic E-state index is 0.0826. The highest BCUT2D eigenvalue weighted by molar-refractivity contribution is 7.89. The zero-order chi connectivity index (χ0) is 23.2. The number of fused-ring (bicyclic) bond motifs is 1. The molecule has 3 aromatic carbocycles. The Kier molecular flexibility index (Phi) is 5.46. The molecule has 170 valence electrons. The second-order valence-corrected chi connectivity index (χ2v) is 10.6. The SMILES string of the molecule is Cc1ccc(S(=O)(=O)N2CCC[C@H]2C(=O)N2CC(c3cccc(O)c3)c3ccccc32)cc1. The fourth-order valence-corrected chi connectivity index (χ4v) is 6.59. The summed E-state index contributed by atoms with van der Waals surface area (Å²) >= 11 is 0. The van der Waals surface area contributed by atoms with Crippen LogP contribution in [0.4, 0.5) is 5.69 Å². The predicted molar refractivity (Wildman–Crippen MR) is 127 cm³/mol. The Morgan fingerprint density at radius 3 is 2.52 bits per heavy atom. The second-order valence-electron chi connectivity index (χ2n) is 8.74. The molecule has 2 atom stereocenters. The molecule has 1 N–H and O–H groups in total. The van der Waals surface area contributed by atoms with Crippen LogP contribution < -0.4 is 4.90 Å². The van der Waals surface area contributed by atoms with Crippen molar-refractivity contribution in [2.24, 2.45) is 0 Å². The number of nitrogens with zero attached hydrogens (tertiary/aromatic N) is 2. The van der Waals surface area contributed by atoms with Crippen molar-refractivity contribution in [2.75, 3.05) is 18.0 Å². The van der Waals surface area contributed by atoms with Crippen LogP contribution in [0.5, 0.6) is 5.75 Å². The van der Waals surface area contributed by atoms with E-state index in [2.05, 4.69) is 0 Å². The van der Waals surface area contributed by atoms with Gasteiger partial charge in [-0.3, -0.25) is 4.79 Å². The first-order valence-electron chi connectivity index (χ1n) is 11.1. The van der Waals surface area contributed by atoms with E-state index in [1.54, 1.807) is 47.4 Å². The first-order chi connectivity index (χ1) is 15.9. The minimum Gasteiger partial charge on any atom is -0.508 e. The first-order valence-corrected chi connectivity index (χ1v) is 12.6. The number of amides is 1. The van der Waals surface area contributed by atoms with E-state index < -0.39 is 16.1 Å². The van der Waals surface area contributed by atoms with Crippen molar-refractivity contribution in [1.82, 2.24) is 4.31 Å². The van der Waals surface area contributed by atoms with Crippen molar-refractivity contribution in [3.8, 4) is 5.75 Å². The summed E-state index contributed by atoms with van der Waals surface area (Å²) in [6.07, 6.45) is 1.15. The van der Waals surface area contributed by atoms with E-state index >= 15 is 0 Å². The summed E-state index contributed by atoms with van der Waals surface area (Å²) in [5.74, 6) is -0.0972. The molecule has 3 aromatic rings. The molecule has 0 saturated carbocycles. The Labute approximate surface area is 194 Å². The van der Waals surface area contributed by atoms with E-state index in [-0.39, 0.29) is 22.5 Å². The van der Waals surface area contributed by atoms with Crippen molar-refractivity contribution < 1.29 is 18.3 Å². The highest BCUT2D eigenvalue weighted by Crippen LogP contribution is 2.42. The molecule has 6 nitrogen and oxygen atoms in total. The lowest BCUT2D eigenvalue weighted by Crippen LogP contribution is -2.47. The van der Waals surface area contributed by atoms with Crippen LogP contribution >= 0.6 is 0 Å². The molecule has 33 heavy (non-hydrogen) atoms. The van der Waals surface area contributed by atoms with Crippen LogP contribution in [0.15, 0.2) is 77.7 Å². The van der Waals surface area contributed by atoms with Crippen LogP contribution in [0.3, 0.4) is 0 Å². The van der Waals surface area contributed by atoms with Gasteiger partial charge in [-0.05, 0) is 61.2 Å². The zero-order valence-corrected chi connectivity index (χ0v) is 19.2. The third-order valence-electron chi connectivity index (χ3n) is 6.62. The van der Waals surface area contributed by atoms with E-state index in [0.29, 0.717) is 25.9 Å². The number of anilines is 1. The molecule has 2 aliphatic rings. The Morgan fingerprint density at radius 2 is 1.76 bits per heavy atom. The van der Waals surface area contributed by atoms with Gasteiger partial charge in [-0.15, -0.1) is 0 Å². The molecule has 0 bridgehead atoms. The average Bonchev–Trinajstić information content (AvgIpc) is 3.45. The highest BCUT2D eigenvalue weighted by atomic mass is 32.2.